The number of hydrogen-bond donors (Lipinski definition) is 1. The van der Waals surface area contributed by atoms with Crippen molar-refractivity contribution in [3.05, 3.63) is 29.8 Å². The van der Waals surface area contributed by atoms with Gasteiger partial charge in [0, 0.05) is 30.6 Å². The summed E-state index contributed by atoms with van der Waals surface area (Å²) < 4.78 is 11.4. The minimum atomic E-state index is 0. The highest BCUT2D eigenvalue weighted by Crippen LogP contribution is 2.24. The highest BCUT2D eigenvalue weighted by Gasteiger charge is 2.31. The molecule has 6 heteroatoms. The fourth-order valence-electron chi connectivity index (χ4n) is 3.89. The Morgan fingerprint density at radius 1 is 1.23 bits per heavy atom. The lowest BCUT2D eigenvalue weighted by Crippen LogP contribution is -2.47. The maximum Gasteiger partial charge on any atom is 0.225 e. The molecule has 0 unspecified atom stereocenters. The van der Waals surface area contributed by atoms with Gasteiger partial charge in [0.15, 0.2) is 0 Å². The maximum absolute atomic E-state index is 12.7. The first-order valence-corrected chi connectivity index (χ1v) is 9.43. The van der Waals surface area contributed by atoms with Crippen molar-refractivity contribution in [2.75, 3.05) is 26.7 Å². The molecule has 2 aliphatic heterocycles. The van der Waals surface area contributed by atoms with Gasteiger partial charge in [-0.2, -0.15) is 0 Å². The second-order valence-corrected chi connectivity index (χ2v) is 7.22. The van der Waals surface area contributed by atoms with Crippen LogP contribution in [0.5, 0.6) is 5.75 Å². The lowest BCUT2D eigenvalue weighted by atomic mass is 9.91. The van der Waals surface area contributed by atoms with E-state index in [9.17, 15) is 4.79 Å². The third-order valence-corrected chi connectivity index (χ3v) is 5.39. The number of hydrogen-bond acceptors (Lipinski definition) is 4. The minimum absolute atomic E-state index is 0. The number of nitrogens with zero attached hydrogens (tertiary/aromatic N) is 1. The number of halogens is 1. The van der Waals surface area contributed by atoms with Gasteiger partial charge in [0.05, 0.1) is 19.8 Å². The van der Waals surface area contributed by atoms with E-state index in [1.54, 1.807) is 7.11 Å². The van der Waals surface area contributed by atoms with E-state index in [4.69, 9.17) is 9.47 Å². The Balaban J connectivity index is 0.00000243. The number of carbonyl (C=O) groups is 1. The molecule has 0 bridgehead atoms. The first kappa shape index (κ1) is 21.0. The Labute approximate surface area is 162 Å². The summed E-state index contributed by atoms with van der Waals surface area (Å²) >= 11 is 0. The molecule has 1 aromatic carbocycles. The van der Waals surface area contributed by atoms with Crippen LogP contribution in [0.15, 0.2) is 24.3 Å². The Bertz CT molecular complexity index is 576. The van der Waals surface area contributed by atoms with E-state index in [1.807, 2.05) is 29.2 Å². The van der Waals surface area contributed by atoms with Crippen LogP contribution in [0.3, 0.4) is 0 Å². The standard InChI is InChI=1S/C20H30N2O3.ClH/c1-15-13-16(7-10-21-15)20(23)22-11-8-18(9-12-22)25-14-17-5-3-4-6-19(17)24-2;/h3-6,15-16,18,21H,7-14H2,1-2H3;1H/t15-,16-;/m0./s1. The number of nitrogens with one attached hydrogen (secondary N) is 1. The third-order valence-electron chi connectivity index (χ3n) is 5.39. The predicted molar refractivity (Wildman–Crippen MR) is 105 cm³/mol. The first-order chi connectivity index (χ1) is 12.2. The van der Waals surface area contributed by atoms with E-state index in [2.05, 4.69) is 12.2 Å². The van der Waals surface area contributed by atoms with Crippen molar-refractivity contribution in [1.82, 2.24) is 10.2 Å². The fourth-order valence-corrected chi connectivity index (χ4v) is 3.89. The number of methoxy groups -OCH3 is 1. The Morgan fingerprint density at radius 3 is 2.65 bits per heavy atom. The van der Waals surface area contributed by atoms with Crippen LogP contribution in [-0.2, 0) is 16.1 Å². The van der Waals surface area contributed by atoms with Gasteiger partial charge >= 0.3 is 0 Å². The van der Waals surface area contributed by atoms with E-state index in [1.165, 1.54) is 0 Å². The van der Waals surface area contributed by atoms with E-state index >= 15 is 0 Å². The molecule has 0 radical (unpaired) electrons. The van der Waals surface area contributed by atoms with Gasteiger partial charge in [-0.05, 0) is 45.2 Å². The molecule has 0 aromatic heterocycles. The summed E-state index contributed by atoms with van der Waals surface area (Å²) in [6, 6.07) is 8.41. The molecule has 1 N–H and O–H groups in total. The largest absolute Gasteiger partial charge is 0.496 e. The maximum atomic E-state index is 12.7. The summed E-state index contributed by atoms with van der Waals surface area (Å²) in [4.78, 5) is 14.8. The molecule has 0 aliphatic carbocycles. The molecule has 5 nitrogen and oxygen atoms in total. The molecule has 2 atom stereocenters. The average Bonchev–Trinajstić information content (AvgIpc) is 2.66. The molecular weight excluding hydrogens is 352 g/mol. The molecule has 2 saturated heterocycles. The van der Waals surface area contributed by atoms with Crippen molar-refractivity contribution in [1.29, 1.82) is 0 Å². The normalized spacial score (nSPS) is 24.0. The average molecular weight is 383 g/mol. The molecule has 3 rings (SSSR count). The van der Waals surface area contributed by atoms with Crippen LogP contribution in [0.1, 0.15) is 38.2 Å². The number of amides is 1. The van der Waals surface area contributed by atoms with Gasteiger partial charge in [-0.25, -0.2) is 0 Å². The molecule has 2 fully saturated rings. The molecule has 0 saturated carbocycles. The van der Waals surface area contributed by atoms with Crippen molar-refractivity contribution >= 4 is 18.3 Å². The quantitative estimate of drug-likeness (QED) is 0.850. The zero-order valence-corrected chi connectivity index (χ0v) is 16.6. The SMILES string of the molecule is COc1ccccc1COC1CCN(C(=O)[C@H]2CCN[C@@H](C)C2)CC1.Cl. The summed E-state index contributed by atoms with van der Waals surface area (Å²) in [5.74, 6) is 1.41. The summed E-state index contributed by atoms with van der Waals surface area (Å²) in [6.45, 7) is 5.31. The van der Waals surface area contributed by atoms with E-state index < -0.39 is 0 Å². The number of likely N-dealkylation sites (tertiary alicyclic amines) is 1. The van der Waals surface area contributed by atoms with Crippen LogP contribution < -0.4 is 10.1 Å². The summed E-state index contributed by atoms with van der Waals surface area (Å²) in [6.07, 6.45) is 3.99. The van der Waals surface area contributed by atoms with Crippen LogP contribution in [0.2, 0.25) is 0 Å². The fraction of sp³-hybridized carbons (Fsp3) is 0.650. The number of rotatable bonds is 5. The van der Waals surface area contributed by atoms with E-state index in [0.29, 0.717) is 18.6 Å². The molecule has 1 amide bonds. The van der Waals surface area contributed by atoms with E-state index in [-0.39, 0.29) is 24.4 Å². The molecule has 2 aliphatic rings. The first-order valence-electron chi connectivity index (χ1n) is 9.43. The lowest BCUT2D eigenvalue weighted by Gasteiger charge is -2.36. The Morgan fingerprint density at radius 2 is 1.96 bits per heavy atom. The second-order valence-electron chi connectivity index (χ2n) is 7.22. The van der Waals surface area contributed by atoms with Gasteiger partial charge in [0.1, 0.15) is 5.75 Å². The van der Waals surface area contributed by atoms with Crippen molar-refractivity contribution in [3.63, 3.8) is 0 Å². The summed E-state index contributed by atoms with van der Waals surface area (Å²) in [5, 5.41) is 3.42. The third kappa shape index (κ3) is 5.35. The van der Waals surface area contributed by atoms with Gasteiger partial charge < -0.3 is 19.7 Å². The highest BCUT2D eigenvalue weighted by atomic mass is 35.5. The monoisotopic (exact) mass is 382 g/mol. The summed E-state index contributed by atoms with van der Waals surface area (Å²) in [5.41, 5.74) is 1.08. The van der Waals surface area contributed by atoms with Gasteiger partial charge in [0.2, 0.25) is 5.91 Å². The zero-order valence-electron chi connectivity index (χ0n) is 15.8. The van der Waals surface area contributed by atoms with Crippen molar-refractivity contribution < 1.29 is 14.3 Å². The van der Waals surface area contributed by atoms with Crippen LogP contribution in [0.4, 0.5) is 0 Å². The van der Waals surface area contributed by atoms with Gasteiger partial charge in [0.25, 0.3) is 0 Å². The molecule has 0 spiro atoms. The molecule has 1 aromatic rings. The number of piperidine rings is 2. The van der Waals surface area contributed by atoms with Gasteiger partial charge in [-0.15, -0.1) is 12.4 Å². The number of carbonyl (C=O) groups excluding carboxylic acids is 1. The number of benzene rings is 1. The van der Waals surface area contributed by atoms with Crippen LogP contribution in [-0.4, -0.2) is 49.7 Å². The zero-order chi connectivity index (χ0) is 17.6. The van der Waals surface area contributed by atoms with Crippen LogP contribution >= 0.6 is 12.4 Å². The van der Waals surface area contributed by atoms with Gasteiger partial charge in [-0.1, -0.05) is 18.2 Å². The van der Waals surface area contributed by atoms with Crippen LogP contribution in [0, 0.1) is 5.92 Å². The second kappa shape index (κ2) is 10.1. The highest BCUT2D eigenvalue weighted by molar-refractivity contribution is 5.85. The van der Waals surface area contributed by atoms with Crippen molar-refractivity contribution in [2.45, 2.75) is 51.4 Å². The van der Waals surface area contributed by atoms with E-state index in [0.717, 1.165) is 56.6 Å². The topological polar surface area (TPSA) is 50.8 Å². The predicted octanol–water partition coefficient (Wildman–Crippen LogP) is 3.01. The van der Waals surface area contributed by atoms with Gasteiger partial charge in [-0.3, -0.25) is 4.79 Å². The minimum Gasteiger partial charge on any atom is -0.496 e. The number of para-hydroxylation sites is 1. The Hall–Kier alpha value is -1.30. The smallest absolute Gasteiger partial charge is 0.225 e. The Kier molecular flexibility index (Phi) is 8.19. The van der Waals surface area contributed by atoms with Crippen molar-refractivity contribution in [2.24, 2.45) is 5.92 Å². The summed E-state index contributed by atoms with van der Waals surface area (Å²) in [7, 11) is 1.69. The molecule has 2 heterocycles. The molecule has 146 valence electrons. The van der Waals surface area contributed by atoms with Crippen LogP contribution in [0.25, 0.3) is 0 Å². The van der Waals surface area contributed by atoms with Crippen molar-refractivity contribution in [3.8, 4) is 5.75 Å². The molecule has 26 heavy (non-hydrogen) atoms. The number of ether oxygens (including phenoxy) is 2. The molecular formula is C20H31ClN2O3. The lowest BCUT2D eigenvalue weighted by molar-refractivity contribution is -0.139.